The van der Waals surface area contributed by atoms with Crippen LogP contribution in [0.5, 0.6) is 0 Å². The summed E-state index contributed by atoms with van der Waals surface area (Å²) < 4.78 is 2.32. The molecule has 0 spiro atoms. The van der Waals surface area contributed by atoms with Crippen molar-refractivity contribution < 1.29 is 0 Å². The van der Waals surface area contributed by atoms with E-state index in [1.807, 2.05) is 6.92 Å². The molecule has 0 aliphatic carbocycles. The molecule has 98 valence electrons. The highest BCUT2D eigenvalue weighted by Gasteiger charge is 2.01. The van der Waals surface area contributed by atoms with Crippen molar-refractivity contribution in [2.75, 3.05) is 6.54 Å². The molecule has 0 fully saturated rings. The van der Waals surface area contributed by atoms with Crippen molar-refractivity contribution in [3.05, 3.63) is 40.1 Å². The van der Waals surface area contributed by atoms with Crippen LogP contribution < -0.4 is 5.32 Å². The van der Waals surface area contributed by atoms with Gasteiger partial charge >= 0.3 is 0 Å². The molecule has 0 bridgehead atoms. The Bertz CT molecular complexity index is 473. The van der Waals surface area contributed by atoms with Gasteiger partial charge in [-0.2, -0.15) is 0 Å². The van der Waals surface area contributed by atoms with Gasteiger partial charge in [-0.15, -0.1) is 11.3 Å². The molecule has 1 N–H and O–H groups in total. The Balaban J connectivity index is 1.73. The minimum Gasteiger partial charge on any atom is -0.350 e. The van der Waals surface area contributed by atoms with Crippen molar-refractivity contribution >= 4 is 11.3 Å². The van der Waals surface area contributed by atoms with Crippen molar-refractivity contribution in [2.45, 2.75) is 39.8 Å². The summed E-state index contributed by atoms with van der Waals surface area (Å²) in [5.74, 6) is 0. The van der Waals surface area contributed by atoms with Crippen LogP contribution in [-0.4, -0.2) is 16.1 Å². The van der Waals surface area contributed by atoms with Gasteiger partial charge in [0.25, 0.3) is 0 Å². The van der Waals surface area contributed by atoms with Gasteiger partial charge in [-0.25, -0.2) is 4.98 Å². The lowest BCUT2D eigenvalue weighted by Crippen LogP contribution is -2.18. The molecule has 0 saturated heterocycles. The second-order valence-corrected chi connectivity index (χ2v) is 5.44. The van der Waals surface area contributed by atoms with Crippen molar-refractivity contribution in [3.63, 3.8) is 0 Å². The van der Waals surface area contributed by atoms with E-state index in [0.717, 1.165) is 31.7 Å². The minimum absolute atomic E-state index is 0.942. The van der Waals surface area contributed by atoms with E-state index < -0.39 is 0 Å². The van der Waals surface area contributed by atoms with Crippen LogP contribution >= 0.6 is 11.3 Å². The molecule has 0 unspecified atom stereocenters. The minimum atomic E-state index is 0.942. The van der Waals surface area contributed by atoms with E-state index in [-0.39, 0.29) is 0 Å². The molecule has 2 aromatic heterocycles. The summed E-state index contributed by atoms with van der Waals surface area (Å²) in [6.07, 6.45) is 4.36. The van der Waals surface area contributed by atoms with Gasteiger partial charge in [0.15, 0.2) is 0 Å². The molecule has 0 amide bonds. The molecule has 0 aromatic carbocycles. The van der Waals surface area contributed by atoms with Gasteiger partial charge in [0.05, 0.1) is 5.01 Å². The van der Waals surface area contributed by atoms with E-state index >= 15 is 0 Å². The zero-order valence-corrected chi connectivity index (χ0v) is 12.0. The summed E-state index contributed by atoms with van der Waals surface area (Å²) in [7, 11) is 0. The second kappa shape index (κ2) is 6.71. The lowest BCUT2D eigenvalue weighted by molar-refractivity contribution is 0.602. The first-order chi connectivity index (χ1) is 8.79. The smallest absolute Gasteiger partial charge is 0.0940 e. The van der Waals surface area contributed by atoms with E-state index in [0.29, 0.717) is 0 Å². The number of hydrogen-bond acceptors (Lipinski definition) is 3. The fourth-order valence-corrected chi connectivity index (χ4v) is 2.77. The zero-order chi connectivity index (χ0) is 12.8. The number of nitrogens with zero attached hydrogens (tertiary/aromatic N) is 2. The van der Waals surface area contributed by atoms with Crippen LogP contribution in [-0.2, 0) is 19.5 Å². The average Bonchev–Trinajstić information content (AvgIpc) is 2.95. The van der Waals surface area contributed by atoms with Gasteiger partial charge in [-0.05, 0) is 25.5 Å². The molecule has 2 heterocycles. The maximum absolute atomic E-state index is 4.47. The van der Waals surface area contributed by atoms with Gasteiger partial charge in [0.2, 0.25) is 0 Å². The Morgan fingerprint density at radius 2 is 2.33 bits per heavy atom. The Labute approximate surface area is 113 Å². The number of thiazole rings is 1. The third-order valence-electron chi connectivity index (χ3n) is 2.88. The molecule has 0 radical (unpaired) electrons. The first kappa shape index (κ1) is 13.3. The summed E-state index contributed by atoms with van der Waals surface area (Å²) in [4.78, 5) is 4.47. The van der Waals surface area contributed by atoms with Gasteiger partial charge < -0.3 is 9.88 Å². The van der Waals surface area contributed by atoms with Crippen LogP contribution in [0, 0.1) is 6.92 Å². The quantitative estimate of drug-likeness (QED) is 0.778. The highest BCUT2D eigenvalue weighted by molar-refractivity contribution is 7.09. The summed E-state index contributed by atoms with van der Waals surface area (Å²) in [5.41, 5.74) is 2.50. The summed E-state index contributed by atoms with van der Waals surface area (Å²) in [6, 6.07) is 4.31. The van der Waals surface area contributed by atoms with Gasteiger partial charge in [-0.3, -0.25) is 0 Å². The Morgan fingerprint density at radius 3 is 3.06 bits per heavy atom. The molecule has 0 saturated carbocycles. The van der Waals surface area contributed by atoms with Gasteiger partial charge in [-0.1, -0.05) is 6.92 Å². The molecule has 0 aliphatic rings. The fourth-order valence-electron chi connectivity index (χ4n) is 2.00. The lowest BCUT2D eigenvalue weighted by atomic mass is 10.3. The summed E-state index contributed by atoms with van der Waals surface area (Å²) in [5, 5.41) is 6.83. The first-order valence-corrected chi connectivity index (χ1v) is 7.43. The highest BCUT2D eigenvalue weighted by atomic mass is 32.1. The van der Waals surface area contributed by atoms with Crippen molar-refractivity contribution in [1.29, 1.82) is 0 Å². The molecule has 0 atom stereocenters. The molecule has 2 rings (SSSR count). The molecular formula is C14H21N3S. The van der Waals surface area contributed by atoms with Crippen molar-refractivity contribution in [3.8, 4) is 0 Å². The SMILES string of the molecule is CCCn1cccc1CNCCc1nc(C)cs1. The highest BCUT2D eigenvalue weighted by Crippen LogP contribution is 2.09. The van der Waals surface area contributed by atoms with Crippen molar-refractivity contribution in [1.82, 2.24) is 14.9 Å². The van der Waals surface area contributed by atoms with Crippen LogP contribution in [0.3, 0.4) is 0 Å². The third kappa shape index (κ3) is 3.68. The lowest BCUT2D eigenvalue weighted by Gasteiger charge is -2.08. The Kier molecular flexibility index (Phi) is 4.96. The van der Waals surface area contributed by atoms with E-state index in [9.17, 15) is 0 Å². The van der Waals surface area contributed by atoms with Gasteiger partial charge in [0, 0.05) is 49.0 Å². The molecule has 0 aliphatic heterocycles. The standard InChI is InChI=1S/C14H21N3S/c1-3-8-17-9-4-5-13(17)10-15-7-6-14-16-12(2)11-18-14/h4-5,9,11,15H,3,6-8,10H2,1-2H3. The van der Waals surface area contributed by atoms with E-state index in [1.165, 1.54) is 17.1 Å². The van der Waals surface area contributed by atoms with Crippen LogP contribution in [0.25, 0.3) is 0 Å². The number of nitrogens with one attached hydrogen (secondary N) is 1. The third-order valence-corrected chi connectivity index (χ3v) is 3.90. The predicted molar refractivity (Wildman–Crippen MR) is 77.0 cm³/mol. The summed E-state index contributed by atoms with van der Waals surface area (Å²) in [6.45, 7) is 7.30. The number of aromatic nitrogens is 2. The Morgan fingerprint density at radius 1 is 1.44 bits per heavy atom. The largest absolute Gasteiger partial charge is 0.350 e. The van der Waals surface area contributed by atoms with Crippen LogP contribution in [0.1, 0.15) is 29.7 Å². The predicted octanol–water partition coefficient (Wildman–Crippen LogP) is 3.00. The van der Waals surface area contributed by atoms with E-state index in [4.69, 9.17) is 0 Å². The summed E-state index contributed by atoms with van der Waals surface area (Å²) >= 11 is 1.75. The number of rotatable bonds is 7. The molecular weight excluding hydrogens is 242 g/mol. The van der Waals surface area contributed by atoms with Crippen LogP contribution in [0.4, 0.5) is 0 Å². The monoisotopic (exact) mass is 263 g/mol. The topological polar surface area (TPSA) is 29.9 Å². The van der Waals surface area contributed by atoms with Crippen LogP contribution in [0.15, 0.2) is 23.7 Å². The first-order valence-electron chi connectivity index (χ1n) is 6.55. The Hall–Kier alpha value is -1.13. The normalized spacial score (nSPS) is 11.0. The number of hydrogen-bond donors (Lipinski definition) is 1. The molecule has 2 aromatic rings. The van der Waals surface area contributed by atoms with Gasteiger partial charge in [0.1, 0.15) is 0 Å². The van der Waals surface area contributed by atoms with E-state index in [1.54, 1.807) is 11.3 Å². The fraction of sp³-hybridized carbons (Fsp3) is 0.500. The maximum atomic E-state index is 4.47. The van der Waals surface area contributed by atoms with Crippen molar-refractivity contribution in [2.24, 2.45) is 0 Å². The number of aryl methyl sites for hydroxylation is 2. The maximum Gasteiger partial charge on any atom is 0.0940 e. The average molecular weight is 263 g/mol. The molecule has 4 heteroatoms. The zero-order valence-electron chi connectivity index (χ0n) is 11.1. The molecule has 18 heavy (non-hydrogen) atoms. The second-order valence-electron chi connectivity index (χ2n) is 4.50. The van der Waals surface area contributed by atoms with E-state index in [2.05, 4.69) is 45.5 Å². The van der Waals surface area contributed by atoms with Crippen LogP contribution in [0.2, 0.25) is 0 Å². The molecule has 3 nitrogen and oxygen atoms in total.